The van der Waals surface area contributed by atoms with Crippen molar-refractivity contribution in [2.45, 2.75) is 6.18 Å². The van der Waals surface area contributed by atoms with Gasteiger partial charge in [0.2, 0.25) is 0 Å². The van der Waals surface area contributed by atoms with E-state index in [0.29, 0.717) is 12.2 Å². The SMILES string of the molecule is C=C(F)/C=C\C(=C)C(F)(F)F. The van der Waals surface area contributed by atoms with Crippen LogP contribution in [0.5, 0.6) is 0 Å². The highest BCUT2D eigenvalue weighted by molar-refractivity contribution is 5.24. The van der Waals surface area contributed by atoms with Crippen molar-refractivity contribution in [3.63, 3.8) is 0 Å². The Hall–Kier alpha value is -1.06. The predicted molar refractivity (Wildman–Crippen MR) is 34.6 cm³/mol. The summed E-state index contributed by atoms with van der Waals surface area (Å²) in [6.45, 7) is 5.43. The summed E-state index contributed by atoms with van der Waals surface area (Å²) in [5.74, 6) is -0.935. The maximum absolute atomic E-state index is 11.8. The highest BCUT2D eigenvalue weighted by Crippen LogP contribution is 2.24. The number of allylic oxidation sites excluding steroid dienone is 4. The van der Waals surface area contributed by atoms with Gasteiger partial charge in [0, 0.05) is 5.57 Å². The largest absolute Gasteiger partial charge is 0.415 e. The molecule has 0 aliphatic carbocycles. The number of hydrogen-bond acceptors (Lipinski definition) is 0. The molecule has 0 spiro atoms. The molecule has 11 heavy (non-hydrogen) atoms. The summed E-state index contributed by atoms with van der Waals surface area (Å²) in [4.78, 5) is 0. The molecule has 0 N–H and O–H groups in total. The number of rotatable bonds is 2. The van der Waals surface area contributed by atoms with Gasteiger partial charge in [0.25, 0.3) is 0 Å². The first-order chi connectivity index (χ1) is 4.84. The van der Waals surface area contributed by atoms with E-state index in [1.807, 2.05) is 0 Å². The van der Waals surface area contributed by atoms with Crippen LogP contribution in [0, 0.1) is 0 Å². The van der Waals surface area contributed by atoms with E-state index in [2.05, 4.69) is 13.2 Å². The summed E-state index contributed by atoms with van der Waals surface area (Å²) >= 11 is 0. The molecule has 0 aromatic carbocycles. The van der Waals surface area contributed by atoms with Gasteiger partial charge in [0.15, 0.2) is 0 Å². The lowest BCUT2D eigenvalue weighted by atomic mass is 10.2. The zero-order valence-corrected chi connectivity index (χ0v) is 5.58. The monoisotopic (exact) mass is 166 g/mol. The topological polar surface area (TPSA) is 0 Å². The van der Waals surface area contributed by atoms with Crippen LogP contribution in [0.15, 0.2) is 36.7 Å². The molecule has 0 radical (unpaired) electrons. The third-order valence-corrected chi connectivity index (χ3v) is 0.829. The molecule has 0 unspecified atom stereocenters. The first-order valence-corrected chi connectivity index (χ1v) is 2.62. The lowest BCUT2D eigenvalue weighted by molar-refractivity contribution is -0.0878. The smallest absolute Gasteiger partial charge is 0.208 e. The van der Waals surface area contributed by atoms with Crippen molar-refractivity contribution in [2.75, 3.05) is 0 Å². The first-order valence-electron chi connectivity index (χ1n) is 2.62. The summed E-state index contributed by atoms with van der Waals surface area (Å²) < 4.78 is 46.6. The molecule has 0 aromatic rings. The molecule has 0 aromatic heterocycles. The summed E-state index contributed by atoms with van der Waals surface area (Å²) in [5, 5.41) is 0. The Balaban J connectivity index is 4.20. The highest BCUT2D eigenvalue weighted by atomic mass is 19.4. The van der Waals surface area contributed by atoms with Gasteiger partial charge in [0.1, 0.15) is 5.83 Å². The molecule has 4 heteroatoms. The van der Waals surface area contributed by atoms with Gasteiger partial charge in [-0.2, -0.15) is 13.2 Å². The van der Waals surface area contributed by atoms with Crippen LogP contribution in [0.25, 0.3) is 0 Å². The molecule has 0 rings (SSSR count). The second kappa shape index (κ2) is 3.37. The number of alkyl halides is 3. The molecule has 0 nitrogen and oxygen atoms in total. The standard InChI is InChI=1S/C7H6F4/c1-5(7(9,10)11)3-4-6(2)8/h3-4H,1-2H2/b4-3-. The van der Waals surface area contributed by atoms with Crippen LogP contribution in [0.4, 0.5) is 17.6 Å². The van der Waals surface area contributed by atoms with Crippen LogP contribution >= 0.6 is 0 Å². The van der Waals surface area contributed by atoms with Crippen molar-refractivity contribution in [1.29, 1.82) is 0 Å². The summed E-state index contributed by atoms with van der Waals surface area (Å²) in [7, 11) is 0. The quantitative estimate of drug-likeness (QED) is 0.436. The number of halogens is 4. The minimum Gasteiger partial charge on any atom is -0.208 e. The van der Waals surface area contributed by atoms with Gasteiger partial charge in [0.05, 0.1) is 0 Å². The third-order valence-electron chi connectivity index (χ3n) is 0.829. The van der Waals surface area contributed by atoms with Crippen molar-refractivity contribution < 1.29 is 17.6 Å². The van der Waals surface area contributed by atoms with E-state index in [-0.39, 0.29) is 0 Å². The summed E-state index contributed by atoms with van der Waals surface area (Å²) in [6, 6.07) is 0. The van der Waals surface area contributed by atoms with Crippen LogP contribution in [0.3, 0.4) is 0 Å². The molecular formula is C7H6F4. The van der Waals surface area contributed by atoms with Crippen molar-refractivity contribution in [3.8, 4) is 0 Å². The van der Waals surface area contributed by atoms with Crippen LogP contribution in [-0.4, -0.2) is 6.18 Å². The Bertz CT molecular complexity index is 197. The lowest BCUT2D eigenvalue weighted by Crippen LogP contribution is -2.08. The molecule has 0 aliphatic rings. The minimum absolute atomic E-state index is 0.530. The predicted octanol–water partition coefficient (Wildman–Crippen LogP) is 3.14. The van der Waals surface area contributed by atoms with Gasteiger partial charge in [-0.15, -0.1) is 0 Å². The molecular weight excluding hydrogens is 160 g/mol. The van der Waals surface area contributed by atoms with E-state index in [0.717, 1.165) is 0 Å². The zero-order valence-electron chi connectivity index (χ0n) is 5.58. The molecule has 0 amide bonds. The molecule has 62 valence electrons. The van der Waals surface area contributed by atoms with Gasteiger partial charge in [-0.05, 0) is 12.2 Å². The average molecular weight is 166 g/mol. The van der Waals surface area contributed by atoms with Crippen LogP contribution in [0.2, 0.25) is 0 Å². The van der Waals surface area contributed by atoms with Gasteiger partial charge < -0.3 is 0 Å². The van der Waals surface area contributed by atoms with E-state index in [4.69, 9.17) is 0 Å². The molecule has 0 bridgehead atoms. The third kappa shape index (κ3) is 4.36. The van der Waals surface area contributed by atoms with Gasteiger partial charge in [-0.3, -0.25) is 0 Å². The van der Waals surface area contributed by atoms with Crippen molar-refractivity contribution >= 4 is 0 Å². The Kier molecular flexibility index (Phi) is 3.04. The molecule has 0 atom stereocenters. The Morgan fingerprint density at radius 1 is 1.09 bits per heavy atom. The number of hydrogen-bond donors (Lipinski definition) is 0. The van der Waals surface area contributed by atoms with E-state index in [1.165, 1.54) is 0 Å². The fourth-order valence-electron chi connectivity index (χ4n) is 0.286. The van der Waals surface area contributed by atoms with Crippen molar-refractivity contribution in [3.05, 3.63) is 36.7 Å². The maximum atomic E-state index is 11.8. The molecule has 0 heterocycles. The Labute approximate surface area is 61.5 Å². The fraction of sp³-hybridized carbons (Fsp3) is 0.143. The Morgan fingerprint density at radius 3 is 1.82 bits per heavy atom. The van der Waals surface area contributed by atoms with E-state index >= 15 is 0 Å². The van der Waals surface area contributed by atoms with E-state index < -0.39 is 17.6 Å². The normalized spacial score (nSPS) is 12.0. The Morgan fingerprint density at radius 2 is 1.55 bits per heavy atom. The van der Waals surface area contributed by atoms with Crippen molar-refractivity contribution in [2.24, 2.45) is 0 Å². The van der Waals surface area contributed by atoms with Gasteiger partial charge in [-0.1, -0.05) is 13.2 Å². The molecule has 0 aliphatic heterocycles. The lowest BCUT2D eigenvalue weighted by Gasteiger charge is -2.03. The van der Waals surface area contributed by atoms with Crippen molar-refractivity contribution in [1.82, 2.24) is 0 Å². The van der Waals surface area contributed by atoms with Gasteiger partial charge >= 0.3 is 6.18 Å². The summed E-state index contributed by atoms with van der Waals surface area (Å²) in [5.41, 5.74) is -1.10. The fourth-order valence-corrected chi connectivity index (χ4v) is 0.286. The second-order valence-corrected chi connectivity index (χ2v) is 1.80. The maximum Gasteiger partial charge on any atom is 0.415 e. The van der Waals surface area contributed by atoms with Crippen LogP contribution in [0.1, 0.15) is 0 Å². The summed E-state index contributed by atoms with van der Waals surface area (Å²) in [6.07, 6.45) is -3.36. The molecule has 0 fully saturated rings. The van der Waals surface area contributed by atoms with E-state index in [9.17, 15) is 17.6 Å². The zero-order chi connectivity index (χ0) is 9.07. The highest BCUT2D eigenvalue weighted by Gasteiger charge is 2.29. The van der Waals surface area contributed by atoms with Crippen LogP contribution < -0.4 is 0 Å². The van der Waals surface area contributed by atoms with E-state index in [1.54, 1.807) is 0 Å². The average Bonchev–Trinajstić information content (AvgIpc) is 1.80. The van der Waals surface area contributed by atoms with Gasteiger partial charge in [-0.25, -0.2) is 4.39 Å². The van der Waals surface area contributed by atoms with Crippen LogP contribution in [-0.2, 0) is 0 Å². The first kappa shape index (κ1) is 9.94. The minimum atomic E-state index is -4.49. The molecule has 0 saturated carbocycles. The second-order valence-electron chi connectivity index (χ2n) is 1.80. The molecule has 0 saturated heterocycles.